The van der Waals surface area contributed by atoms with Gasteiger partial charge in [0.15, 0.2) is 0 Å². The van der Waals surface area contributed by atoms with Gasteiger partial charge in [-0.05, 0) is 41.5 Å². The van der Waals surface area contributed by atoms with Crippen LogP contribution >= 0.6 is 0 Å². The lowest BCUT2D eigenvalue weighted by molar-refractivity contribution is 0.759. The van der Waals surface area contributed by atoms with Crippen molar-refractivity contribution in [2.75, 3.05) is 0 Å². The van der Waals surface area contributed by atoms with E-state index in [9.17, 15) is 0 Å². The van der Waals surface area contributed by atoms with Gasteiger partial charge in [-0.3, -0.25) is 0 Å². The van der Waals surface area contributed by atoms with Crippen molar-refractivity contribution in [3.63, 3.8) is 0 Å². The van der Waals surface area contributed by atoms with Gasteiger partial charge in [-0.2, -0.15) is 0 Å². The van der Waals surface area contributed by atoms with Crippen molar-refractivity contribution >= 4 is 5.57 Å². The van der Waals surface area contributed by atoms with Crippen LogP contribution in [-0.4, -0.2) is 0 Å². The van der Waals surface area contributed by atoms with E-state index in [1.807, 2.05) is 6.07 Å². The fraction of sp³-hybridized carbons (Fsp3) is 0.368. The lowest BCUT2D eigenvalue weighted by Gasteiger charge is -2.15. The molecular formula is C19H27N. The smallest absolute Gasteiger partial charge is 0.0311 e. The molecule has 2 N–H and O–H groups in total. The summed E-state index contributed by atoms with van der Waals surface area (Å²) in [5.74, 6) is 0.867. The van der Waals surface area contributed by atoms with Crippen molar-refractivity contribution in [1.82, 2.24) is 0 Å². The standard InChI is InChI=1S/C19H27N/c1-6-16(17-10-8-7-9-11-17)13-18(15(4)5)19(20)12-14(2)3/h6-15H,20H2,1-5H3/b16-6+,18-13-,19-12-. The minimum atomic E-state index is 0.406. The molecule has 1 aromatic rings. The second kappa shape index (κ2) is 7.74. The average Bonchev–Trinajstić information content (AvgIpc) is 2.39. The van der Waals surface area contributed by atoms with Gasteiger partial charge >= 0.3 is 0 Å². The van der Waals surface area contributed by atoms with E-state index >= 15 is 0 Å². The van der Waals surface area contributed by atoms with Crippen molar-refractivity contribution < 1.29 is 0 Å². The Labute approximate surface area is 123 Å². The first-order valence-electron chi connectivity index (χ1n) is 7.36. The highest BCUT2D eigenvalue weighted by atomic mass is 14.6. The number of hydrogen-bond donors (Lipinski definition) is 1. The van der Waals surface area contributed by atoms with E-state index in [2.05, 4.69) is 77.1 Å². The van der Waals surface area contributed by atoms with E-state index in [1.54, 1.807) is 0 Å². The molecule has 20 heavy (non-hydrogen) atoms. The van der Waals surface area contributed by atoms with E-state index in [0.717, 1.165) is 5.70 Å². The molecule has 0 unspecified atom stereocenters. The summed E-state index contributed by atoms with van der Waals surface area (Å²) in [6, 6.07) is 10.4. The monoisotopic (exact) mass is 269 g/mol. The van der Waals surface area contributed by atoms with E-state index < -0.39 is 0 Å². The van der Waals surface area contributed by atoms with Crippen LogP contribution in [0.2, 0.25) is 0 Å². The molecule has 1 aromatic carbocycles. The highest BCUT2D eigenvalue weighted by Crippen LogP contribution is 2.24. The molecule has 0 heterocycles. The third kappa shape index (κ3) is 4.73. The van der Waals surface area contributed by atoms with Gasteiger partial charge in [0.1, 0.15) is 0 Å². The largest absolute Gasteiger partial charge is 0.399 e. The molecule has 0 aliphatic heterocycles. The number of benzene rings is 1. The first-order valence-corrected chi connectivity index (χ1v) is 7.36. The van der Waals surface area contributed by atoms with Crippen LogP contribution in [0.1, 0.15) is 40.2 Å². The van der Waals surface area contributed by atoms with Gasteiger partial charge in [0.2, 0.25) is 0 Å². The second-order valence-electron chi connectivity index (χ2n) is 5.73. The molecule has 0 atom stereocenters. The highest BCUT2D eigenvalue weighted by Gasteiger charge is 2.09. The predicted octanol–water partition coefficient (Wildman–Crippen LogP) is 5.17. The first-order chi connectivity index (χ1) is 9.45. The zero-order valence-corrected chi connectivity index (χ0v) is 13.4. The topological polar surface area (TPSA) is 26.0 Å². The molecule has 0 saturated carbocycles. The first kappa shape index (κ1) is 16.3. The van der Waals surface area contributed by atoms with Crippen LogP contribution in [0.25, 0.3) is 5.57 Å². The van der Waals surface area contributed by atoms with E-state index in [0.29, 0.717) is 11.8 Å². The Hall–Kier alpha value is -1.76. The molecule has 1 rings (SSSR count). The van der Waals surface area contributed by atoms with Crippen LogP contribution < -0.4 is 5.73 Å². The van der Waals surface area contributed by atoms with Gasteiger partial charge in [-0.1, -0.05) is 70.2 Å². The van der Waals surface area contributed by atoms with Crippen molar-refractivity contribution in [3.8, 4) is 0 Å². The summed E-state index contributed by atoms with van der Waals surface area (Å²) in [6.45, 7) is 10.7. The Morgan fingerprint density at radius 2 is 1.65 bits per heavy atom. The third-order valence-electron chi connectivity index (χ3n) is 3.20. The van der Waals surface area contributed by atoms with Gasteiger partial charge < -0.3 is 5.73 Å². The normalized spacial score (nSPS) is 14.2. The number of hydrogen-bond acceptors (Lipinski definition) is 1. The molecule has 108 valence electrons. The Morgan fingerprint density at radius 3 is 2.10 bits per heavy atom. The molecule has 1 nitrogen and oxygen atoms in total. The summed E-state index contributed by atoms with van der Waals surface area (Å²) in [7, 11) is 0. The summed E-state index contributed by atoms with van der Waals surface area (Å²) in [6.07, 6.45) is 6.48. The van der Waals surface area contributed by atoms with Gasteiger partial charge in [-0.15, -0.1) is 0 Å². The maximum absolute atomic E-state index is 6.27. The molecule has 0 bridgehead atoms. The number of rotatable bonds is 5. The second-order valence-corrected chi connectivity index (χ2v) is 5.73. The van der Waals surface area contributed by atoms with E-state index in [4.69, 9.17) is 5.73 Å². The summed E-state index contributed by atoms with van der Waals surface area (Å²) in [5.41, 5.74) is 10.8. The van der Waals surface area contributed by atoms with Gasteiger partial charge in [-0.25, -0.2) is 0 Å². The van der Waals surface area contributed by atoms with Crippen LogP contribution in [0.4, 0.5) is 0 Å². The molecule has 0 spiro atoms. The van der Waals surface area contributed by atoms with E-state index in [1.165, 1.54) is 16.7 Å². The zero-order valence-electron chi connectivity index (χ0n) is 13.4. The van der Waals surface area contributed by atoms with Gasteiger partial charge in [0.25, 0.3) is 0 Å². The predicted molar refractivity (Wildman–Crippen MR) is 90.1 cm³/mol. The lowest BCUT2D eigenvalue weighted by Crippen LogP contribution is -2.08. The fourth-order valence-electron chi connectivity index (χ4n) is 2.17. The Bertz CT molecular complexity index is 502. The van der Waals surface area contributed by atoms with Crippen LogP contribution in [-0.2, 0) is 0 Å². The number of allylic oxidation sites excluding steroid dienone is 5. The molecular weight excluding hydrogens is 242 g/mol. The Balaban J connectivity index is 3.20. The summed E-state index contributed by atoms with van der Waals surface area (Å²) in [5, 5.41) is 0. The molecule has 0 radical (unpaired) electrons. The summed E-state index contributed by atoms with van der Waals surface area (Å²) < 4.78 is 0. The molecule has 0 amide bonds. The van der Waals surface area contributed by atoms with Crippen molar-refractivity contribution in [1.29, 1.82) is 0 Å². The zero-order chi connectivity index (χ0) is 15.1. The van der Waals surface area contributed by atoms with Crippen molar-refractivity contribution in [3.05, 3.63) is 65.4 Å². The lowest BCUT2D eigenvalue weighted by atomic mass is 9.93. The van der Waals surface area contributed by atoms with Gasteiger partial charge in [0.05, 0.1) is 0 Å². The summed E-state index contributed by atoms with van der Waals surface area (Å²) >= 11 is 0. The Kier molecular flexibility index (Phi) is 6.30. The molecule has 1 heteroatoms. The highest BCUT2D eigenvalue weighted by molar-refractivity contribution is 5.75. The quantitative estimate of drug-likeness (QED) is 0.733. The average molecular weight is 269 g/mol. The molecule has 0 saturated heterocycles. The minimum Gasteiger partial charge on any atom is -0.399 e. The van der Waals surface area contributed by atoms with Gasteiger partial charge in [0, 0.05) is 5.70 Å². The van der Waals surface area contributed by atoms with Crippen LogP contribution in [0, 0.1) is 11.8 Å². The molecule has 0 aliphatic carbocycles. The molecule has 0 aliphatic rings. The number of nitrogens with two attached hydrogens (primary N) is 1. The Morgan fingerprint density at radius 1 is 1.05 bits per heavy atom. The third-order valence-corrected chi connectivity index (χ3v) is 3.20. The van der Waals surface area contributed by atoms with Crippen LogP contribution in [0.3, 0.4) is 0 Å². The van der Waals surface area contributed by atoms with Crippen LogP contribution in [0.5, 0.6) is 0 Å². The fourth-order valence-corrected chi connectivity index (χ4v) is 2.17. The van der Waals surface area contributed by atoms with E-state index in [-0.39, 0.29) is 0 Å². The summed E-state index contributed by atoms with van der Waals surface area (Å²) in [4.78, 5) is 0. The minimum absolute atomic E-state index is 0.406. The van der Waals surface area contributed by atoms with Crippen LogP contribution in [0.15, 0.2) is 59.8 Å². The molecule has 0 fully saturated rings. The maximum atomic E-state index is 6.27. The molecule has 0 aromatic heterocycles. The SMILES string of the molecule is C\C=C(/C=C(\C(N)=C\C(C)C)C(C)C)c1ccccc1. The maximum Gasteiger partial charge on any atom is 0.0311 e. The van der Waals surface area contributed by atoms with Crippen molar-refractivity contribution in [2.45, 2.75) is 34.6 Å². The van der Waals surface area contributed by atoms with Crippen molar-refractivity contribution in [2.24, 2.45) is 17.6 Å².